The molecule has 0 saturated carbocycles. The van der Waals surface area contributed by atoms with Crippen molar-refractivity contribution in [1.82, 2.24) is 10.2 Å². The van der Waals surface area contributed by atoms with E-state index in [1.807, 2.05) is 0 Å². The van der Waals surface area contributed by atoms with Gasteiger partial charge in [0.05, 0.1) is 7.11 Å². The molecule has 0 aromatic rings. The van der Waals surface area contributed by atoms with Gasteiger partial charge < -0.3 is 15.0 Å². The van der Waals surface area contributed by atoms with Crippen molar-refractivity contribution in [3.05, 3.63) is 0 Å². The molecule has 1 saturated heterocycles. The van der Waals surface area contributed by atoms with Crippen LogP contribution in [0, 0.1) is 11.8 Å². The summed E-state index contributed by atoms with van der Waals surface area (Å²) in [6, 6.07) is 0.176. The van der Waals surface area contributed by atoms with E-state index in [9.17, 15) is 4.79 Å². The second-order valence-electron chi connectivity index (χ2n) is 5.84. The average Bonchev–Trinajstić information content (AvgIpc) is 2.35. The van der Waals surface area contributed by atoms with Crippen LogP contribution < -0.4 is 5.32 Å². The van der Waals surface area contributed by atoms with E-state index in [-0.39, 0.29) is 17.9 Å². The van der Waals surface area contributed by atoms with Crippen LogP contribution in [0.15, 0.2) is 0 Å². The fourth-order valence-corrected chi connectivity index (χ4v) is 2.61. The minimum absolute atomic E-state index is 0.148. The van der Waals surface area contributed by atoms with Crippen LogP contribution in [0.1, 0.15) is 33.6 Å². The van der Waals surface area contributed by atoms with Crippen molar-refractivity contribution in [2.24, 2.45) is 11.8 Å². The first-order valence-electron chi connectivity index (χ1n) is 6.98. The Balaban J connectivity index is 2.50. The van der Waals surface area contributed by atoms with Crippen molar-refractivity contribution in [2.75, 3.05) is 27.2 Å². The molecule has 4 nitrogen and oxygen atoms in total. The Morgan fingerprint density at radius 3 is 2.28 bits per heavy atom. The SMILES string of the molecule is COC(=O)[C@@H](NC(C)C1CCN(C)CC1)C(C)C. The number of nitrogens with one attached hydrogen (secondary N) is 1. The number of ether oxygens (including phenoxy) is 1. The van der Waals surface area contributed by atoms with Gasteiger partial charge in [0.1, 0.15) is 6.04 Å². The summed E-state index contributed by atoms with van der Waals surface area (Å²) < 4.78 is 4.87. The monoisotopic (exact) mass is 256 g/mol. The summed E-state index contributed by atoms with van der Waals surface area (Å²) >= 11 is 0. The summed E-state index contributed by atoms with van der Waals surface area (Å²) in [5.41, 5.74) is 0. The largest absolute Gasteiger partial charge is 0.468 e. The molecule has 1 unspecified atom stereocenters. The maximum absolute atomic E-state index is 11.7. The standard InChI is InChI=1S/C14H28N2O2/c1-10(2)13(14(17)18-5)15-11(3)12-6-8-16(4)9-7-12/h10-13,15H,6-9H2,1-5H3/t11?,13-/m0/s1. The Bertz CT molecular complexity index is 261. The van der Waals surface area contributed by atoms with Crippen molar-refractivity contribution >= 4 is 5.97 Å². The Kier molecular flexibility index (Phi) is 6.09. The lowest BCUT2D eigenvalue weighted by Crippen LogP contribution is -2.50. The quantitative estimate of drug-likeness (QED) is 0.757. The van der Waals surface area contributed by atoms with Gasteiger partial charge in [0.15, 0.2) is 0 Å². The van der Waals surface area contributed by atoms with Crippen molar-refractivity contribution in [3.8, 4) is 0 Å². The molecule has 18 heavy (non-hydrogen) atoms. The van der Waals surface area contributed by atoms with E-state index in [1.54, 1.807) is 0 Å². The van der Waals surface area contributed by atoms with Gasteiger partial charge in [-0.1, -0.05) is 13.8 Å². The zero-order valence-corrected chi connectivity index (χ0v) is 12.4. The summed E-state index contributed by atoms with van der Waals surface area (Å²) in [7, 11) is 3.62. The molecule has 0 aliphatic carbocycles. The lowest BCUT2D eigenvalue weighted by Gasteiger charge is -2.35. The van der Waals surface area contributed by atoms with Crippen molar-refractivity contribution < 1.29 is 9.53 Å². The predicted molar refractivity (Wildman–Crippen MR) is 73.5 cm³/mol. The molecule has 0 spiro atoms. The van der Waals surface area contributed by atoms with Crippen molar-refractivity contribution in [3.63, 3.8) is 0 Å². The van der Waals surface area contributed by atoms with Gasteiger partial charge >= 0.3 is 5.97 Å². The number of rotatable bonds is 5. The Labute approximate surface area is 111 Å². The molecule has 4 heteroatoms. The third-order valence-corrected chi connectivity index (χ3v) is 4.03. The molecule has 106 valence electrons. The highest BCUT2D eigenvalue weighted by Crippen LogP contribution is 2.20. The van der Waals surface area contributed by atoms with E-state index in [4.69, 9.17) is 4.74 Å². The number of piperidine rings is 1. The molecule has 0 amide bonds. The zero-order chi connectivity index (χ0) is 13.7. The maximum Gasteiger partial charge on any atom is 0.323 e. The molecule has 1 N–H and O–H groups in total. The van der Waals surface area contributed by atoms with E-state index < -0.39 is 0 Å². The Hall–Kier alpha value is -0.610. The van der Waals surface area contributed by atoms with Crippen LogP contribution in [0.5, 0.6) is 0 Å². The summed E-state index contributed by atoms with van der Waals surface area (Å²) in [4.78, 5) is 14.1. The van der Waals surface area contributed by atoms with Gasteiger partial charge in [-0.2, -0.15) is 0 Å². The number of carbonyl (C=O) groups is 1. The van der Waals surface area contributed by atoms with Crippen LogP contribution in [0.25, 0.3) is 0 Å². The topological polar surface area (TPSA) is 41.6 Å². The van der Waals surface area contributed by atoms with Gasteiger partial charge in [0.2, 0.25) is 0 Å². The minimum Gasteiger partial charge on any atom is -0.468 e. The van der Waals surface area contributed by atoms with Gasteiger partial charge in [-0.25, -0.2) is 0 Å². The number of methoxy groups -OCH3 is 1. The molecule has 2 atom stereocenters. The summed E-state index contributed by atoms with van der Waals surface area (Å²) in [6.45, 7) is 8.60. The second kappa shape index (κ2) is 7.10. The van der Waals surface area contributed by atoms with Gasteiger partial charge in [-0.05, 0) is 51.7 Å². The highest BCUT2D eigenvalue weighted by molar-refractivity contribution is 5.75. The molecule has 1 aliphatic rings. The van der Waals surface area contributed by atoms with Crippen LogP contribution in [0.3, 0.4) is 0 Å². The van der Waals surface area contributed by atoms with Crippen molar-refractivity contribution in [2.45, 2.75) is 45.7 Å². The lowest BCUT2D eigenvalue weighted by atomic mass is 9.89. The number of carbonyl (C=O) groups excluding carboxylic acids is 1. The van der Waals surface area contributed by atoms with Crippen LogP contribution in [-0.2, 0) is 9.53 Å². The van der Waals surface area contributed by atoms with E-state index in [0.29, 0.717) is 12.0 Å². The highest BCUT2D eigenvalue weighted by Gasteiger charge is 2.29. The lowest BCUT2D eigenvalue weighted by molar-refractivity contribution is -0.144. The third kappa shape index (κ3) is 4.25. The first kappa shape index (κ1) is 15.4. The van der Waals surface area contributed by atoms with Gasteiger partial charge in [-0.15, -0.1) is 0 Å². The van der Waals surface area contributed by atoms with Gasteiger partial charge in [0, 0.05) is 6.04 Å². The zero-order valence-electron chi connectivity index (χ0n) is 12.4. The summed E-state index contributed by atoms with van der Waals surface area (Å²) in [5, 5.41) is 3.46. The van der Waals surface area contributed by atoms with Crippen LogP contribution in [-0.4, -0.2) is 50.2 Å². The molecule has 1 aliphatic heterocycles. The molecule has 1 heterocycles. The second-order valence-corrected chi connectivity index (χ2v) is 5.84. The maximum atomic E-state index is 11.7. The smallest absolute Gasteiger partial charge is 0.323 e. The van der Waals surface area contributed by atoms with Crippen LogP contribution >= 0.6 is 0 Å². The first-order valence-corrected chi connectivity index (χ1v) is 6.98. The minimum atomic E-state index is -0.190. The Morgan fingerprint density at radius 2 is 1.83 bits per heavy atom. The molecule has 1 rings (SSSR count). The van der Waals surface area contributed by atoms with Gasteiger partial charge in [-0.3, -0.25) is 4.79 Å². The molecule has 0 aromatic heterocycles. The van der Waals surface area contributed by atoms with Crippen LogP contribution in [0.4, 0.5) is 0 Å². The van der Waals surface area contributed by atoms with E-state index >= 15 is 0 Å². The number of hydrogen-bond donors (Lipinski definition) is 1. The molecular formula is C14H28N2O2. The Morgan fingerprint density at radius 1 is 1.28 bits per heavy atom. The first-order chi connectivity index (χ1) is 8.45. The number of nitrogens with zero attached hydrogens (tertiary/aromatic N) is 1. The molecule has 0 aromatic carbocycles. The molecule has 0 radical (unpaired) electrons. The normalized spacial score (nSPS) is 21.9. The summed E-state index contributed by atoms with van der Waals surface area (Å²) in [6.07, 6.45) is 2.41. The van der Waals surface area contributed by atoms with E-state index in [1.165, 1.54) is 20.0 Å². The molecule has 1 fully saturated rings. The molecular weight excluding hydrogens is 228 g/mol. The summed E-state index contributed by atoms with van der Waals surface area (Å²) in [5.74, 6) is 0.767. The van der Waals surface area contributed by atoms with Crippen molar-refractivity contribution in [1.29, 1.82) is 0 Å². The van der Waals surface area contributed by atoms with Crippen LogP contribution in [0.2, 0.25) is 0 Å². The number of esters is 1. The van der Waals surface area contributed by atoms with E-state index in [2.05, 4.69) is 38.0 Å². The fraction of sp³-hybridized carbons (Fsp3) is 0.929. The average molecular weight is 256 g/mol. The number of hydrogen-bond acceptors (Lipinski definition) is 4. The predicted octanol–water partition coefficient (Wildman–Crippen LogP) is 1.50. The van der Waals surface area contributed by atoms with Gasteiger partial charge in [0.25, 0.3) is 0 Å². The third-order valence-electron chi connectivity index (χ3n) is 4.03. The fourth-order valence-electron chi connectivity index (χ4n) is 2.61. The highest BCUT2D eigenvalue weighted by atomic mass is 16.5. The molecule has 0 bridgehead atoms. The van der Waals surface area contributed by atoms with E-state index in [0.717, 1.165) is 13.1 Å². The number of likely N-dealkylation sites (tertiary alicyclic amines) is 1.